The van der Waals surface area contributed by atoms with E-state index in [1.807, 2.05) is 0 Å². The van der Waals surface area contributed by atoms with Crippen LogP contribution in [-0.2, 0) is 0 Å². The van der Waals surface area contributed by atoms with Crippen LogP contribution in [0.2, 0.25) is 5.02 Å². The smallest absolute Gasteiger partial charge is 0.267 e. The summed E-state index contributed by atoms with van der Waals surface area (Å²) >= 11 is 6.12. The minimum absolute atomic E-state index is 0.255. The van der Waals surface area contributed by atoms with Crippen molar-refractivity contribution in [2.45, 2.75) is 13.0 Å². The number of nitrogens with one attached hydrogen (secondary N) is 1. The summed E-state index contributed by atoms with van der Waals surface area (Å²) in [6, 6.07) is 4.76. The first kappa shape index (κ1) is 12.8. The Morgan fingerprint density at radius 1 is 1.45 bits per heavy atom. The molecule has 2 aromatic heterocycles. The van der Waals surface area contributed by atoms with Crippen molar-refractivity contribution in [3.63, 3.8) is 0 Å². The molecule has 3 rings (SSSR count). The van der Waals surface area contributed by atoms with Crippen LogP contribution in [0.15, 0.2) is 35.4 Å². The second-order valence-corrected chi connectivity index (χ2v) is 4.90. The maximum absolute atomic E-state index is 12.7. The van der Waals surface area contributed by atoms with E-state index in [2.05, 4.69) is 15.2 Å². The molecule has 0 radical (unpaired) electrons. The van der Waals surface area contributed by atoms with E-state index in [-0.39, 0.29) is 5.56 Å². The Balaban J connectivity index is 2.48. The molecule has 0 aliphatic rings. The SMILES string of the molecule is CC(N)c1nc2cccc(Cl)c2c(=O)n1-c1cn[nH]c1. The standard InChI is InChI=1S/C13H12ClN5O/c1-7(15)12-18-10-4-2-3-9(14)11(10)13(20)19(12)8-5-16-17-6-8/h2-7H,15H2,1H3,(H,16,17). The van der Waals surface area contributed by atoms with Crippen LogP contribution in [0.25, 0.3) is 16.6 Å². The van der Waals surface area contributed by atoms with E-state index in [1.54, 1.807) is 31.3 Å². The van der Waals surface area contributed by atoms with Crippen LogP contribution in [0.4, 0.5) is 0 Å². The summed E-state index contributed by atoms with van der Waals surface area (Å²) in [7, 11) is 0. The fourth-order valence-corrected chi connectivity index (χ4v) is 2.38. The maximum atomic E-state index is 12.7. The molecule has 0 aliphatic carbocycles. The van der Waals surface area contributed by atoms with Gasteiger partial charge in [-0.25, -0.2) is 4.98 Å². The van der Waals surface area contributed by atoms with Gasteiger partial charge < -0.3 is 5.73 Å². The van der Waals surface area contributed by atoms with E-state index in [9.17, 15) is 4.79 Å². The summed E-state index contributed by atoms with van der Waals surface area (Å²) < 4.78 is 1.43. The van der Waals surface area contributed by atoms with Gasteiger partial charge in [0.1, 0.15) is 5.82 Å². The van der Waals surface area contributed by atoms with E-state index in [4.69, 9.17) is 17.3 Å². The molecule has 2 heterocycles. The van der Waals surface area contributed by atoms with E-state index >= 15 is 0 Å². The molecule has 1 unspecified atom stereocenters. The molecular weight excluding hydrogens is 278 g/mol. The van der Waals surface area contributed by atoms with Gasteiger partial charge in [0.05, 0.1) is 33.9 Å². The summed E-state index contributed by atoms with van der Waals surface area (Å²) in [5.41, 5.74) is 6.79. The highest BCUT2D eigenvalue weighted by atomic mass is 35.5. The van der Waals surface area contributed by atoms with Crippen LogP contribution in [0.1, 0.15) is 18.8 Å². The second kappa shape index (κ2) is 4.73. The lowest BCUT2D eigenvalue weighted by Gasteiger charge is -2.14. The lowest BCUT2D eigenvalue weighted by atomic mass is 10.2. The first-order valence-electron chi connectivity index (χ1n) is 6.05. The number of hydrogen-bond acceptors (Lipinski definition) is 4. The average Bonchev–Trinajstić information content (AvgIpc) is 2.91. The fraction of sp³-hybridized carbons (Fsp3) is 0.154. The van der Waals surface area contributed by atoms with Gasteiger partial charge in [-0.2, -0.15) is 5.10 Å². The van der Waals surface area contributed by atoms with Crippen molar-refractivity contribution >= 4 is 22.5 Å². The molecule has 3 aromatic rings. The summed E-state index contributed by atoms with van der Waals surface area (Å²) in [6.07, 6.45) is 3.15. The summed E-state index contributed by atoms with van der Waals surface area (Å²) in [5, 5.41) is 7.27. The first-order valence-corrected chi connectivity index (χ1v) is 6.43. The van der Waals surface area contributed by atoms with Gasteiger partial charge in [0.15, 0.2) is 0 Å². The summed E-state index contributed by atoms with van der Waals surface area (Å²) in [5.74, 6) is 0.464. The Bertz CT molecular complexity index is 823. The Morgan fingerprint density at radius 2 is 2.25 bits per heavy atom. The Morgan fingerprint density at radius 3 is 2.90 bits per heavy atom. The minimum Gasteiger partial charge on any atom is -0.322 e. The molecule has 3 N–H and O–H groups in total. The third-order valence-electron chi connectivity index (χ3n) is 3.02. The van der Waals surface area contributed by atoms with Crippen molar-refractivity contribution in [2.75, 3.05) is 0 Å². The predicted molar refractivity (Wildman–Crippen MR) is 77.1 cm³/mol. The lowest BCUT2D eigenvalue weighted by molar-refractivity contribution is 0.696. The number of fused-ring (bicyclic) bond motifs is 1. The number of aromatic nitrogens is 4. The monoisotopic (exact) mass is 289 g/mol. The summed E-state index contributed by atoms with van der Waals surface area (Å²) in [4.78, 5) is 17.2. The Hall–Kier alpha value is -2.18. The van der Waals surface area contributed by atoms with Crippen molar-refractivity contribution in [3.8, 4) is 5.69 Å². The summed E-state index contributed by atoms with van der Waals surface area (Å²) in [6.45, 7) is 1.77. The Kier molecular flexibility index (Phi) is 3.04. The van der Waals surface area contributed by atoms with Gasteiger partial charge in [0.2, 0.25) is 0 Å². The molecular formula is C13H12ClN5O. The minimum atomic E-state index is -0.402. The molecule has 0 amide bonds. The second-order valence-electron chi connectivity index (χ2n) is 4.49. The number of H-pyrrole nitrogens is 1. The third-order valence-corrected chi connectivity index (χ3v) is 3.34. The van der Waals surface area contributed by atoms with Crippen LogP contribution in [0.3, 0.4) is 0 Å². The normalized spacial score (nSPS) is 12.8. The van der Waals surface area contributed by atoms with E-state index in [1.165, 1.54) is 10.8 Å². The highest BCUT2D eigenvalue weighted by Crippen LogP contribution is 2.21. The predicted octanol–water partition coefficient (Wildman–Crippen LogP) is 1.78. The highest BCUT2D eigenvalue weighted by Gasteiger charge is 2.17. The number of nitrogens with two attached hydrogens (primary N) is 1. The maximum Gasteiger partial charge on any atom is 0.267 e. The zero-order valence-corrected chi connectivity index (χ0v) is 11.4. The lowest BCUT2D eigenvalue weighted by Crippen LogP contribution is -2.27. The van der Waals surface area contributed by atoms with Gasteiger partial charge >= 0.3 is 0 Å². The van der Waals surface area contributed by atoms with Crippen molar-refractivity contribution in [2.24, 2.45) is 5.73 Å². The largest absolute Gasteiger partial charge is 0.322 e. The fourth-order valence-electron chi connectivity index (χ4n) is 2.13. The van der Waals surface area contributed by atoms with Crippen molar-refractivity contribution in [1.82, 2.24) is 19.7 Å². The molecule has 0 aliphatic heterocycles. The Labute approximate surface area is 119 Å². The molecule has 0 bridgehead atoms. The molecule has 20 heavy (non-hydrogen) atoms. The molecule has 1 atom stereocenters. The topological polar surface area (TPSA) is 89.6 Å². The number of nitrogens with zero attached hydrogens (tertiary/aromatic N) is 3. The molecule has 0 saturated carbocycles. The van der Waals surface area contributed by atoms with Crippen molar-refractivity contribution in [3.05, 3.63) is 51.8 Å². The molecule has 1 aromatic carbocycles. The number of aromatic amines is 1. The van der Waals surface area contributed by atoms with Crippen LogP contribution < -0.4 is 11.3 Å². The molecule has 7 heteroatoms. The van der Waals surface area contributed by atoms with E-state index < -0.39 is 6.04 Å². The molecule has 0 fully saturated rings. The van der Waals surface area contributed by atoms with Gasteiger partial charge in [-0.3, -0.25) is 14.5 Å². The zero-order chi connectivity index (χ0) is 14.3. The van der Waals surface area contributed by atoms with Gasteiger partial charge in [-0.05, 0) is 19.1 Å². The van der Waals surface area contributed by atoms with Crippen molar-refractivity contribution in [1.29, 1.82) is 0 Å². The van der Waals surface area contributed by atoms with Crippen LogP contribution >= 0.6 is 11.6 Å². The van der Waals surface area contributed by atoms with E-state index in [0.29, 0.717) is 27.4 Å². The van der Waals surface area contributed by atoms with Crippen LogP contribution in [-0.4, -0.2) is 19.7 Å². The molecule has 0 spiro atoms. The highest BCUT2D eigenvalue weighted by molar-refractivity contribution is 6.35. The van der Waals surface area contributed by atoms with Gasteiger partial charge in [-0.15, -0.1) is 0 Å². The number of hydrogen-bond donors (Lipinski definition) is 2. The third kappa shape index (κ3) is 1.90. The van der Waals surface area contributed by atoms with Gasteiger partial charge in [0.25, 0.3) is 5.56 Å². The van der Waals surface area contributed by atoms with Crippen LogP contribution in [0, 0.1) is 0 Å². The zero-order valence-electron chi connectivity index (χ0n) is 10.7. The van der Waals surface area contributed by atoms with Crippen molar-refractivity contribution < 1.29 is 0 Å². The molecule has 0 saturated heterocycles. The van der Waals surface area contributed by atoms with Gasteiger partial charge in [-0.1, -0.05) is 17.7 Å². The first-order chi connectivity index (χ1) is 9.59. The van der Waals surface area contributed by atoms with Gasteiger partial charge in [0, 0.05) is 6.20 Å². The van der Waals surface area contributed by atoms with E-state index in [0.717, 1.165) is 0 Å². The number of halogens is 1. The average molecular weight is 290 g/mol. The molecule has 6 nitrogen and oxygen atoms in total. The quantitative estimate of drug-likeness (QED) is 0.752. The number of benzene rings is 1. The number of rotatable bonds is 2. The molecule has 102 valence electrons. The van der Waals surface area contributed by atoms with Crippen LogP contribution in [0.5, 0.6) is 0 Å².